The van der Waals surface area contributed by atoms with Crippen molar-refractivity contribution in [1.29, 1.82) is 0 Å². The summed E-state index contributed by atoms with van der Waals surface area (Å²) in [6, 6.07) is 9.98. The summed E-state index contributed by atoms with van der Waals surface area (Å²) in [7, 11) is 0. The van der Waals surface area contributed by atoms with E-state index in [-0.39, 0.29) is 11.2 Å². The molecule has 0 saturated carbocycles. The fraction of sp³-hybridized carbons (Fsp3) is 0. The standard InChI is InChI=1S/C16H11F2N3O2/c17-10-2-4-11(5-3-10)19-16(23)20-12-7-9-1-6-14(22)21-15(9)13(18)8-12/h1-8H,(H,21,22)(H2,19,20,23). The first-order valence-electron chi connectivity index (χ1n) is 6.67. The van der Waals surface area contributed by atoms with Crippen LogP contribution in [-0.2, 0) is 0 Å². The lowest BCUT2D eigenvalue weighted by Gasteiger charge is -2.09. The Labute approximate surface area is 129 Å². The highest BCUT2D eigenvalue weighted by Gasteiger charge is 2.08. The van der Waals surface area contributed by atoms with Crippen LogP contribution in [0.15, 0.2) is 53.3 Å². The number of anilines is 2. The van der Waals surface area contributed by atoms with E-state index in [0.717, 1.165) is 6.07 Å². The van der Waals surface area contributed by atoms with Gasteiger partial charge in [0.1, 0.15) is 11.6 Å². The molecule has 3 rings (SSSR count). The van der Waals surface area contributed by atoms with Crippen molar-refractivity contribution in [2.24, 2.45) is 0 Å². The highest BCUT2D eigenvalue weighted by molar-refractivity contribution is 6.00. The average molecular weight is 315 g/mol. The van der Waals surface area contributed by atoms with E-state index in [9.17, 15) is 18.4 Å². The Morgan fingerprint density at radius 1 is 0.913 bits per heavy atom. The molecule has 0 aliphatic rings. The number of carbonyl (C=O) groups excluding carboxylic acids is 1. The van der Waals surface area contributed by atoms with E-state index in [0.29, 0.717) is 11.1 Å². The maximum Gasteiger partial charge on any atom is 0.323 e. The number of pyridine rings is 1. The maximum absolute atomic E-state index is 14.0. The molecular formula is C16H11F2N3O2. The second-order valence-electron chi connectivity index (χ2n) is 4.83. The van der Waals surface area contributed by atoms with Gasteiger partial charge in [-0.2, -0.15) is 0 Å². The zero-order valence-corrected chi connectivity index (χ0v) is 11.7. The van der Waals surface area contributed by atoms with Crippen molar-refractivity contribution in [1.82, 2.24) is 4.98 Å². The Bertz CT molecular complexity index is 936. The largest absolute Gasteiger partial charge is 0.323 e. The van der Waals surface area contributed by atoms with Gasteiger partial charge < -0.3 is 15.6 Å². The summed E-state index contributed by atoms with van der Waals surface area (Å²) in [6.07, 6.45) is 0. The molecular weight excluding hydrogens is 304 g/mol. The molecule has 0 unspecified atom stereocenters. The van der Waals surface area contributed by atoms with Crippen LogP contribution in [0.2, 0.25) is 0 Å². The molecule has 7 heteroatoms. The molecule has 0 saturated heterocycles. The van der Waals surface area contributed by atoms with Gasteiger partial charge >= 0.3 is 6.03 Å². The number of benzene rings is 2. The summed E-state index contributed by atoms with van der Waals surface area (Å²) in [5, 5.41) is 5.42. The van der Waals surface area contributed by atoms with Crippen molar-refractivity contribution >= 4 is 28.3 Å². The van der Waals surface area contributed by atoms with Crippen molar-refractivity contribution in [3.8, 4) is 0 Å². The molecule has 1 heterocycles. The second kappa shape index (κ2) is 5.88. The number of fused-ring (bicyclic) bond motifs is 1. The Morgan fingerprint density at radius 2 is 1.61 bits per heavy atom. The van der Waals surface area contributed by atoms with Gasteiger partial charge in [-0.3, -0.25) is 4.79 Å². The molecule has 0 bridgehead atoms. The lowest BCUT2D eigenvalue weighted by atomic mass is 10.2. The monoisotopic (exact) mass is 315 g/mol. The number of nitrogens with one attached hydrogen (secondary N) is 3. The van der Waals surface area contributed by atoms with Gasteiger partial charge in [-0.1, -0.05) is 0 Å². The number of halogens is 2. The van der Waals surface area contributed by atoms with Crippen molar-refractivity contribution in [2.75, 3.05) is 10.6 Å². The minimum atomic E-state index is -0.655. The van der Waals surface area contributed by atoms with Gasteiger partial charge in [0.15, 0.2) is 0 Å². The first-order chi connectivity index (χ1) is 11.0. The first kappa shape index (κ1) is 14.7. The summed E-state index contributed by atoms with van der Waals surface area (Å²) in [5.41, 5.74) is 0.282. The molecule has 0 aliphatic heterocycles. The zero-order valence-electron chi connectivity index (χ0n) is 11.7. The van der Waals surface area contributed by atoms with Crippen LogP contribution in [0.3, 0.4) is 0 Å². The fourth-order valence-corrected chi connectivity index (χ4v) is 2.12. The Hall–Kier alpha value is -3.22. The molecule has 0 fully saturated rings. The van der Waals surface area contributed by atoms with Crippen LogP contribution >= 0.6 is 0 Å². The Morgan fingerprint density at radius 3 is 2.35 bits per heavy atom. The van der Waals surface area contributed by atoms with Crippen molar-refractivity contribution < 1.29 is 13.6 Å². The lowest BCUT2D eigenvalue weighted by Crippen LogP contribution is -2.19. The highest BCUT2D eigenvalue weighted by atomic mass is 19.1. The van der Waals surface area contributed by atoms with Gasteiger partial charge in [-0.15, -0.1) is 0 Å². The molecule has 0 aliphatic carbocycles. The van der Waals surface area contributed by atoms with Crippen LogP contribution in [-0.4, -0.2) is 11.0 Å². The van der Waals surface area contributed by atoms with E-state index in [1.165, 1.54) is 42.5 Å². The van der Waals surface area contributed by atoms with Gasteiger partial charge in [-0.05, 0) is 42.5 Å². The minimum Gasteiger partial charge on any atom is -0.319 e. The van der Waals surface area contributed by atoms with Crippen LogP contribution in [0.4, 0.5) is 25.0 Å². The van der Waals surface area contributed by atoms with Gasteiger partial charge in [0.2, 0.25) is 5.56 Å². The van der Waals surface area contributed by atoms with Crippen LogP contribution in [0.5, 0.6) is 0 Å². The van der Waals surface area contributed by atoms with E-state index < -0.39 is 23.2 Å². The number of hydrogen-bond acceptors (Lipinski definition) is 2. The van der Waals surface area contributed by atoms with E-state index in [2.05, 4.69) is 15.6 Å². The van der Waals surface area contributed by atoms with Crippen molar-refractivity contribution in [2.45, 2.75) is 0 Å². The number of aromatic nitrogens is 1. The van der Waals surface area contributed by atoms with Gasteiger partial charge in [0.05, 0.1) is 5.52 Å². The maximum atomic E-state index is 14.0. The average Bonchev–Trinajstić information content (AvgIpc) is 2.50. The summed E-state index contributed by atoms with van der Waals surface area (Å²) < 4.78 is 26.8. The normalized spacial score (nSPS) is 10.5. The first-order valence-corrected chi connectivity index (χ1v) is 6.67. The van der Waals surface area contributed by atoms with Crippen molar-refractivity contribution in [3.63, 3.8) is 0 Å². The number of aromatic amines is 1. The third-order valence-electron chi connectivity index (χ3n) is 3.14. The number of urea groups is 1. The van der Waals surface area contributed by atoms with Crippen LogP contribution in [0.1, 0.15) is 0 Å². The number of carbonyl (C=O) groups is 1. The molecule has 1 aromatic heterocycles. The van der Waals surface area contributed by atoms with E-state index in [4.69, 9.17) is 0 Å². The topological polar surface area (TPSA) is 74.0 Å². The lowest BCUT2D eigenvalue weighted by molar-refractivity contribution is 0.262. The molecule has 3 aromatic rings. The summed E-state index contributed by atoms with van der Waals surface area (Å²) >= 11 is 0. The Kier molecular flexibility index (Phi) is 3.76. The smallest absolute Gasteiger partial charge is 0.319 e. The molecule has 5 nitrogen and oxygen atoms in total. The van der Waals surface area contributed by atoms with E-state index in [1.807, 2.05) is 0 Å². The SMILES string of the molecule is O=C(Nc1ccc(F)cc1)Nc1cc(F)c2[nH]c(=O)ccc2c1. The Balaban J connectivity index is 1.80. The fourth-order valence-electron chi connectivity index (χ4n) is 2.12. The quantitative estimate of drug-likeness (QED) is 0.677. The van der Waals surface area contributed by atoms with E-state index in [1.54, 1.807) is 0 Å². The highest BCUT2D eigenvalue weighted by Crippen LogP contribution is 2.20. The molecule has 116 valence electrons. The molecule has 2 aromatic carbocycles. The van der Waals surface area contributed by atoms with Gasteiger partial charge in [0.25, 0.3) is 0 Å². The number of hydrogen-bond donors (Lipinski definition) is 3. The summed E-state index contributed by atoms with van der Waals surface area (Å²) in [6.45, 7) is 0. The van der Waals surface area contributed by atoms with Crippen LogP contribution < -0.4 is 16.2 Å². The molecule has 0 atom stereocenters. The van der Waals surface area contributed by atoms with Crippen LogP contribution in [0.25, 0.3) is 10.9 Å². The number of H-pyrrole nitrogens is 1. The minimum absolute atomic E-state index is 0.0713. The molecule has 3 N–H and O–H groups in total. The molecule has 2 amide bonds. The zero-order chi connectivity index (χ0) is 16.4. The molecule has 0 radical (unpaired) electrons. The van der Waals surface area contributed by atoms with Gasteiger partial charge in [0, 0.05) is 22.8 Å². The predicted octanol–water partition coefficient (Wildman–Crippen LogP) is 3.45. The number of amides is 2. The third kappa shape index (κ3) is 3.34. The van der Waals surface area contributed by atoms with E-state index >= 15 is 0 Å². The number of rotatable bonds is 2. The predicted molar refractivity (Wildman–Crippen MR) is 83.6 cm³/mol. The second-order valence-corrected chi connectivity index (χ2v) is 4.83. The third-order valence-corrected chi connectivity index (χ3v) is 3.14. The van der Waals surface area contributed by atoms with Gasteiger partial charge in [-0.25, -0.2) is 13.6 Å². The molecule has 23 heavy (non-hydrogen) atoms. The molecule has 0 spiro atoms. The summed E-state index contributed by atoms with van der Waals surface area (Å²) in [5.74, 6) is -1.07. The summed E-state index contributed by atoms with van der Waals surface area (Å²) in [4.78, 5) is 25.5. The van der Waals surface area contributed by atoms with Crippen LogP contribution in [0, 0.1) is 11.6 Å². The van der Waals surface area contributed by atoms with Crippen molar-refractivity contribution in [3.05, 3.63) is 70.5 Å².